The van der Waals surface area contributed by atoms with Crippen LogP contribution in [0.25, 0.3) is 6.08 Å². The van der Waals surface area contributed by atoms with E-state index in [-0.39, 0.29) is 5.91 Å². The van der Waals surface area contributed by atoms with Gasteiger partial charge in [0.2, 0.25) is 5.91 Å². The molecule has 2 aromatic carbocycles. The second-order valence-corrected chi connectivity index (χ2v) is 10.5. The number of hydrogen-bond acceptors (Lipinski definition) is 3. The van der Waals surface area contributed by atoms with E-state index in [4.69, 9.17) is 0 Å². The van der Waals surface area contributed by atoms with E-state index >= 15 is 0 Å². The van der Waals surface area contributed by atoms with Gasteiger partial charge in [0.25, 0.3) is 0 Å². The number of nitrogens with zero attached hydrogens (tertiary/aromatic N) is 2. The van der Waals surface area contributed by atoms with Crippen LogP contribution in [0.2, 0.25) is 0 Å². The summed E-state index contributed by atoms with van der Waals surface area (Å²) in [5.74, 6) is 1.21. The van der Waals surface area contributed by atoms with Crippen molar-refractivity contribution in [1.82, 2.24) is 15.2 Å². The fourth-order valence-corrected chi connectivity index (χ4v) is 6.14. The van der Waals surface area contributed by atoms with E-state index in [0.717, 1.165) is 37.8 Å². The second kappa shape index (κ2) is 12.8. The summed E-state index contributed by atoms with van der Waals surface area (Å²) in [5.41, 5.74) is 7.18. The van der Waals surface area contributed by atoms with E-state index in [2.05, 4.69) is 63.7 Å². The molecule has 192 valence electrons. The maximum Gasteiger partial charge on any atom is 0.243 e. The number of fused-ring (bicyclic) bond motifs is 2. The molecule has 1 aliphatic heterocycles. The molecule has 0 atom stereocenters. The third kappa shape index (κ3) is 6.75. The van der Waals surface area contributed by atoms with Crippen LogP contribution in [0, 0.1) is 5.92 Å². The van der Waals surface area contributed by atoms with Crippen LogP contribution in [0.5, 0.6) is 0 Å². The van der Waals surface area contributed by atoms with E-state index < -0.39 is 0 Å². The van der Waals surface area contributed by atoms with Crippen LogP contribution in [0.4, 0.5) is 0 Å². The Bertz CT molecular complexity index is 1130. The molecule has 2 heterocycles. The number of piperidine rings is 1. The maximum atomic E-state index is 12.0. The molecule has 0 spiro atoms. The van der Waals surface area contributed by atoms with Gasteiger partial charge in [0.15, 0.2) is 0 Å². The van der Waals surface area contributed by atoms with E-state index in [0.29, 0.717) is 11.8 Å². The number of aryl methyl sites for hydroxylation is 2. The van der Waals surface area contributed by atoms with Crippen molar-refractivity contribution < 1.29 is 4.79 Å². The van der Waals surface area contributed by atoms with Gasteiger partial charge >= 0.3 is 0 Å². The van der Waals surface area contributed by atoms with Crippen molar-refractivity contribution in [3.8, 4) is 0 Å². The number of benzene rings is 2. The zero-order chi connectivity index (χ0) is 25.3. The number of carbonyl (C=O) groups excluding carboxylic acids is 1. The summed E-state index contributed by atoms with van der Waals surface area (Å²) < 4.78 is 0. The number of hydrogen-bond donors (Lipinski definition) is 1. The first-order chi connectivity index (χ1) is 18.3. The molecule has 2 aliphatic rings. The van der Waals surface area contributed by atoms with Crippen molar-refractivity contribution in [2.45, 2.75) is 50.9 Å². The lowest BCUT2D eigenvalue weighted by Gasteiger charge is -2.37. The van der Waals surface area contributed by atoms with E-state index in [1.54, 1.807) is 46.8 Å². The zero-order valence-electron chi connectivity index (χ0n) is 21.8. The Morgan fingerprint density at radius 2 is 1.59 bits per heavy atom. The Morgan fingerprint density at radius 1 is 0.892 bits per heavy atom. The average Bonchev–Trinajstić information content (AvgIpc) is 3.12. The maximum absolute atomic E-state index is 12.0. The third-order valence-electron chi connectivity index (χ3n) is 8.11. The molecular weight excluding hydrogens is 454 g/mol. The smallest absolute Gasteiger partial charge is 0.243 e. The lowest BCUT2D eigenvalue weighted by molar-refractivity contribution is -0.116. The van der Waals surface area contributed by atoms with Crippen molar-refractivity contribution in [3.05, 3.63) is 107 Å². The Balaban J connectivity index is 1.05. The van der Waals surface area contributed by atoms with Gasteiger partial charge in [-0.2, -0.15) is 0 Å². The van der Waals surface area contributed by atoms with Crippen molar-refractivity contribution in [2.75, 3.05) is 26.2 Å². The number of nitrogens with one attached hydrogen (secondary N) is 1. The minimum atomic E-state index is -0.0346. The van der Waals surface area contributed by atoms with Gasteiger partial charge in [0.05, 0.1) is 0 Å². The second-order valence-electron chi connectivity index (χ2n) is 10.5. The summed E-state index contributed by atoms with van der Waals surface area (Å²) in [6.07, 6.45) is 15.1. The van der Waals surface area contributed by atoms with Gasteiger partial charge in [-0.25, -0.2) is 0 Å². The number of amides is 1. The molecule has 1 fully saturated rings. The Kier molecular flexibility index (Phi) is 8.81. The Labute approximate surface area is 221 Å². The monoisotopic (exact) mass is 493 g/mol. The van der Waals surface area contributed by atoms with Gasteiger partial charge in [-0.3, -0.25) is 9.78 Å². The topological polar surface area (TPSA) is 45.2 Å². The molecule has 1 amide bonds. The van der Waals surface area contributed by atoms with E-state index in [9.17, 15) is 4.79 Å². The molecule has 0 bridgehead atoms. The Hall–Kier alpha value is -3.24. The SMILES string of the molecule is O=C(C=Cc1cccnc1)NCCCCCN1CCC(C2c3ccccc3CCc3ccccc32)CC1. The number of aromatic nitrogens is 1. The first kappa shape index (κ1) is 25.4. The highest BCUT2D eigenvalue weighted by Gasteiger charge is 2.32. The number of unbranched alkanes of at least 4 members (excludes halogenated alkanes) is 2. The first-order valence-corrected chi connectivity index (χ1v) is 14.0. The highest BCUT2D eigenvalue weighted by Crippen LogP contribution is 2.42. The van der Waals surface area contributed by atoms with Crippen molar-refractivity contribution in [2.24, 2.45) is 5.92 Å². The highest BCUT2D eigenvalue weighted by molar-refractivity contribution is 5.91. The molecule has 5 rings (SSSR count). The summed E-state index contributed by atoms with van der Waals surface area (Å²) in [6.45, 7) is 4.29. The van der Waals surface area contributed by atoms with Crippen molar-refractivity contribution in [3.63, 3.8) is 0 Å². The van der Waals surface area contributed by atoms with Crippen molar-refractivity contribution >= 4 is 12.0 Å². The summed E-state index contributed by atoms with van der Waals surface area (Å²) >= 11 is 0. The van der Waals surface area contributed by atoms with Crippen LogP contribution in [0.15, 0.2) is 79.1 Å². The minimum Gasteiger partial charge on any atom is -0.353 e. The van der Waals surface area contributed by atoms with Crippen LogP contribution >= 0.6 is 0 Å². The van der Waals surface area contributed by atoms with Crippen LogP contribution in [-0.2, 0) is 17.6 Å². The number of likely N-dealkylation sites (tertiary alicyclic amines) is 1. The minimum absolute atomic E-state index is 0.0346. The summed E-state index contributed by atoms with van der Waals surface area (Å²) in [7, 11) is 0. The lowest BCUT2D eigenvalue weighted by Crippen LogP contribution is -2.36. The van der Waals surface area contributed by atoms with Crippen LogP contribution < -0.4 is 5.32 Å². The molecule has 0 radical (unpaired) electrons. The molecular formula is C33H39N3O. The molecule has 1 aliphatic carbocycles. The Morgan fingerprint density at radius 3 is 2.27 bits per heavy atom. The predicted molar refractivity (Wildman–Crippen MR) is 151 cm³/mol. The van der Waals surface area contributed by atoms with Gasteiger partial charge in [0.1, 0.15) is 0 Å². The van der Waals surface area contributed by atoms with Gasteiger partial charge < -0.3 is 10.2 Å². The highest BCUT2D eigenvalue weighted by atomic mass is 16.1. The molecule has 4 heteroatoms. The summed E-state index contributed by atoms with van der Waals surface area (Å²) in [5, 5.41) is 3.00. The molecule has 1 saturated heterocycles. The van der Waals surface area contributed by atoms with Crippen molar-refractivity contribution in [1.29, 1.82) is 0 Å². The molecule has 0 saturated carbocycles. The van der Waals surface area contributed by atoms with Gasteiger partial charge in [-0.15, -0.1) is 0 Å². The first-order valence-electron chi connectivity index (χ1n) is 14.0. The van der Waals surface area contributed by atoms with E-state index in [1.165, 1.54) is 38.9 Å². The van der Waals surface area contributed by atoms with Gasteiger partial charge in [-0.1, -0.05) is 61.0 Å². The molecule has 0 unspecified atom stereocenters. The van der Waals surface area contributed by atoms with Gasteiger partial charge in [0, 0.05) is 30.9 Å². The average molecular weight is 494 g/mol. The quantitative estimate of drug-likeness (QED) is 0.293. The normalized spacial score (nSPS) is 16.8. The molecule has 4 nitrogen and oxygen atoms in total. The van der Waals surface area contributed by atoms with Crippen LogP contribution in [0.3, 0.4) is 0 Å². The molecule has 1 N–H and O–H groups in total. The third-order valence-corrected chi connectivity index (χ3v) is 8.11. The fourth-order valence-electron chi connectivity index (χ4n) is 6.14. The fraction of sp³-hybridized carbons (Fsp3) is 0.394. The van der Waals surface area contributed by atoms with Crippen LogP contribution in [-0.4, -0.2) is 42.0 Å². The molecule has 37 heavy (non-hydrogen) atoms. The van der Waals surface area contributed by atoms with E-state index in [1.807, 2.05) is 12.1 Å². The summed E-state index contributed by atoms with van der Waals surface area (Å²) in [6, 6.07) is 22.2. The number of pyridine rings is 1. The summed E-state index contributed by atoms with van der Waals surface area (Å²) in [4.78, 5) is 18.7. The van der Waals surface area contributed by atoms with Crippen LogP contribution in [0.1, 0.15) is 65.8 Å². The standard InChI is InChI=1S/C33H39N3O/c37-32(17-14-26-9-8-20-34-25-26)35-21-6-1-7-22-36-23-18-29(19-24-36)33-30-12-4-2-10-27(30)15-16-28-11-3-5-13-31(28)33/h2-5,8-14,17,20,25,29,33H,1,6-7,15-16,18-19,21-24H2,(H,35,37). The molecule has 1 aromatic heterocycles. The predicted octanol–water partition coefficient (Wildman–Crippen LogP) is 6.02. The lowest BCUT2D eigenvalue weighted by atomic mass is 9.74. The number of carbonyl (C=O) groups is 1. The largest absolute Gasteiger partial charge is 0.353 e. The molecule has 3 aromatic rings. The number of rotatable bonds is 9. The van der Waals surface area contributed by atoms with Gasteiger partial charge in [-0.05, 0) is 104 Å². The zero-order valence-corrected chi connectivity index (χ0v) is 21.8.